The van der Waals surface area contributed by atoms with E-state index in [0.29, 0.717) is 12.0 Å². The molecule has 1 N–H and O–H groups in total. The summed E-state index contributed by atoms with van der Waals surface area (Å²) in [6, 6.07) is 14.0. The highest BCUT2D eigenvalue weighted by molar-refractivity contribution is 5.38. The molecule has 0 amide bonds. The second-order valence-electron chi connectivity index (χ2n) is 6.04. The molecular formula is C19H24N2. The van der Waals surface area contributed by atoms with Gasteiger partial charge >= 0.3 is 0 Å². The van der Waals surface area contributed by atoms with Crippen LogP contribution in [0.4, 0.5) is 0 Å². The first-order valence-electron chi connectivity index (χ1n) is 8.04. The normalized spacial score (nSPS) is 18.5. The summed E-state index contributed by atoms with van der Waals surface area (Å²) in [7, 11) is 0. The summed E-state index contributed by atoms with van der Waals surface area (Å²) in [6.45, 7) is 5.43. The number of hydrogen-bond donors (Lipinski definition) is 1. The fraction of sp³-hybridized carbons (Fsp3) is 0.421. The Hall–Kier alpha value is -1.67. The van der Waals surface area contributed by atoms with Crippen molar-refractivity contribution in [3.05, 3.63) is 65.0 Å². The van der Waals surface area contributed by atoms with Crippen molar-refractivity contribution in [2.24, 2.45) is 0 Å². The Morgan fingerprint density at radius 3 is 2.81 bits per heavy atom. The van der Waals surface area contributed by atoms with Crippen molar-refractivity contribution in [3.8, 4) is 0 Å². The van der Waals surface area contributed by atoms with E-state index in [9.17, 15) is 0 Å². The van der Waals surface area contributed by atoms with Crippen molar-refractivity contribution in [2.75, 3.05) is 6.54 Å². The average molecular weight is 280 g/mol. The Kier molecular flexibility index (Phi) is 4.35. The summed E-state index contributed by atoms with van der Waals surface area (Å²) in [6.07, 6.45) is 5.36. The number of benzene rings is 1. The third kappa shape index (κ3) is 3.16. The SMILES string of the molecule is CCNC(C)Cc1ccc(C2CCc3cccnc32)cc1. The summed E-state index contributed by atoms with van der Waals surface area (Å²) >= 11 is 0. The van der Waals surface area contributed by atoms with E-state index in [2.05, 4.69) is 54.5 Å². The third-order valence-electron chi connectivity index (χ3n) is 4.44. The monoisotopic (exact) mass is 280 g/mol. The highest BCUT2D eigenvalue weighted by atomic mass is 14.9. The molecule has 2 atom stereocenters. The molecule has 3 rings (SSSR count). The zero-order valence-electron chi connectivity index (χ0n) is 13.0. The maximum atomic E-state index is 4.60. The highest BCUT2D eigenvalue weighted by Gasteiger charge is 2.24. The molecule has 1 aromatic carbocycles. The van der Waals surface area contributed by atoms with Crippen molar-refractivity contribution < 1.29 is 0 Å². The number of nitrogens with one attached hydrogen (secondary N) is 1. The molecule has 2 unspecified atom stereocenters. The molecule has 1 heterocycles. The van der Waals surface area contributed by atoms with Crippen molar-refractivity contribution in [3.63, 3.8) is 0 Å². The topological polar surface area (TPSA) is 24.9 Å². The largest absolute Gasteiger partial charge is 0.314 e. The van der Waals surface area contributed by atoms with Gasteiger partial charge in [-0.2, -0.15) is 0 Å². The molecule has 0 fully saturated rings. The van der Waals surface area contributed by atoms with Crippen LogP contribution in [0.2, 0.25) is 0 Å². The first-order valence-corrected chi connectivity index (χ1v) is 8.04. The molecular weight excluding hydrogens is 256 g/mol. The number of rotatable bonds is 5. The molecule has 21 heavy (non-hydrogen) atoms. The van der Waals surface area contributed by atoms with Crippen molar-refractivity contribution in [2.45, 2.75) is 45.1 Å². The van der Waals surface area contributed by atoms with E-state index >= 15 is 0 Å². The van der Waals surface area contributed by atoms with Gasteiger partial charge in [-0.05, 0) is 55.5 Å². The Bertz CT molecular complexity index is 589. The summed E-state index contributed by atoms with van der Waals surface area (Å²) in [5.41, 5.74) is 5.53. The Morgan fingerprint density at radius 2 is 2.05 bits per heavy atom. The lowest BCUT2D eigenvalue weighted by Crippen LogP contribution is -2.27. The van der Waals surface area contributed by atoms with Gasteiger partial charge in [-0.3, -0.25) is 4.98 Å². The lowest BCUT2D eigenvalue weighted by atomic mass is 9.94. The van der Waals surface area contributed by atoms with Crippen LogP contribution < -0.4 is 5.32 Å². The van der Waals surface area contributed by atoms with Gasteiger partial charge in [-0.1, -0.05) is 37.3 Å². The van der Waals surface area contributed by atoms with Gasteiger partial charge in [0.2, 0.25) is 0 Å². The second-order valence-corrected chi connectivity index (χ2v) is 6.04. The minimum absolute atomic E-state index is 0.487. The number of likely N-dealkylation sites (N-methyl/N-ethyl adjacent to an activating group) is 1. The van der Waals surface area contributed by atoms with Crippen LogP contribution in [-0.4, -0.2) is 17.6 Å². The smallest absolute Gasteiger partial charge is 0.0510 e. The van der Waals surface area contributed by atoms with E-state index in [1.807, 2.05) is 12.3 Å². The fourth-order valence-electron chi connectivity index (χ4n) is 3.40. The molecule has 0 bridgehead atoms. The van der Waals surface area contributed by atoms with E-state index in [1.54, 1.807) is 0 Å². The van der Waals surface area contributed by atoms with Crippen LogP contribution in [0.15, 0.2) is 42.6 Å². The quantitative estimate of drug-likeness (QED) is 0.903. The second kappa shape index (κ2) is 6.40. The van der Waals surface area contributed by atoms with Crippen LogP contribution in [0.25, 0.3) is 0 Å². The van der Waals surface area contributed by atoms with Crippen LogP contribution in [0, 0.1) is 0 Å². The Morgan fingerprint density at radius 1 is 1.24 bits per heavy atom. The minimum atomic E-state index is 0.487. The predicted octanol–water partition coefficient (Wildman–Crippen LogP) is 3.70. The average Bonchev–Trinajstić information content (AvgIpc) is 2.92. The molecule has 2 heteroatoms. The zero-order chi connectivity index (χ0) is 14.7. The van der Waals surface area contributed by atoms with Gasteiger partial charge in [-0.15, -0.1) is 0 Å². The number of pyridine rings is 1. The van der Waals surface area contributed by atoms with Crippen LogP contribution >= 0.6 is 0 Å². The van der Waals surface area contributed by atoms with Gasteiger partial charge in [0, 0.05) is 18.2 Å². The number of fused-ring (bicyclic) bond motifs is 1. The maximum Gasteiger partial charge on any atom is 0.0510 e. The van der Waals surface area contributed by atoms with E-state index in [4.69, 9.17) is 0 Å². The Balaban J connectivity index is 1.73. The van der Waals surface area contributed by atoms with Crippen LogP contribution in [0.3, 0.4) is 0 Å². The van der Waals surface area contributed by atoms with Crippen LogP contribution in [-0.2, 0) is 12.8 Å². The van der Waals surface area contributed by atoms with E-state index in [1.165, 1.54) is 28.8 Å². The van der Waals surface area contributed by atoms with Gasteiger partial charge in [0.1, 0.15) is 0 Å². The molecule has 0 saturated carbocycles. The lowest BCUT2D eigenvalue weighted by molar-refractivity contribution is 0.565. The minimum Gasteiger partial charge on any atom is -0.314 e. The maximum absolute atomic E-state index is 4.60. The van der Waals surface area contributed by atoms with Gasteiger partial charge < -0.3 is 5.32 Å². The lowest BCUT2D eigenvalue weighted by Gasteiger charge is -2.14. The summed E-state index contributed by atoms with van der Waals surface area (Å²) in [5.74, 6) is 0.487. The summed E-state index contributed by atoms with van der Waals surface area (Å²) in [5, 5.41) is 3.47. The third-order valence-corrected chi connectivity index (χ3v) is 4.44. The van der Waals surface area contributed by atoms with Gasteiger partial charge in [0.05, 0.1) is 5.69 Å². The molecule has 2 aromatic rings. The van der Waals surface area contributed by atoms with Gasteiger partial charge in [0.25, 0.3) is 0 Å². The molecule has 0 saturated heterocycles. The first kappa shape index (κ1) is 14.3. The number of aromatic nitrogens is 1. The molecule has 1 aromatic heterocycles. The molecule has 110 valence electrons. The first-order chi connectivity index (χ1) is 10.3. The number of hydrogen-bond acceptors (Lipinski definition) is 2. The number of aryl methyl sites for hydroxylation is 1. The van der Waals surface area contributed by atoms with Gasteiger partial charge in [-0.25, -0.2) is 0 Å². The number of nitrogens with zero attached hydrogens (tertiary/aromatic N) is 1. The molecule has 0 spiro atoms. The summed E-state index contributed by atoms with van der Waals surface area (Å²) < 4.78 is 0. The zero-order valence-corrected chi connectivity index (χ0v) is 13.0. The predicted molar refractivity (Wildman–Crippen MR) is 87.7 cm³/mol. The standard InChI is InChI=1S/C19H24N2/c1-3-20-14(2)13-15-6-8-16(9-7-15)18-11-10-17-5-4-12-21-19(17)18/h4-9,12,14,18,20H,3,10-11,13H2,1-2H3. The molecule has 1 aliphatic carbocycles. The molecule has 1 aliphatic rings. The molecule has 0 aliphatic heterocycles. The van der Waals surface area contributed by atoms with Crippen molar-refractivity contribution in [1.82, 2.24) is 10.3 Å². The molecule has 2 nitrogen and oxygen atoms in total. The fourth-order valence-corrected chi connectivity index (χ4v) is 3.40. The highest BCUT2D eigenvalue weighted by Crippen LogP contribution is 2.36. The summed E-state index contributed by atoms with van der Waals surface area (Å²) in [4.78, 5) is 4.60. The van der Waals surface area contributed by atoms with E-state index in [0.717, 1.165) is 19.4 Å². The Labute approximate surface area is 127 Å². The molecule has 0 radical (unpaired) electrons. The van der Waals surface area contributed by atoms with E-state index in [-0.39, 0.29) is 0 Å². The van der Waals surface area contributed by atoms with Crippen molar-refractivity contribution >= 4 is 0 Å². The van der Waals surface area contributed by atoms with Crippen LogP contribution in [0.5, 0.6) is 0 Å². The van der Waals surface area contributed by atoms with Crippen molar-refractivity contribution in [1.29, 1.82) is 0 Å². The van der Waals surface area contributed by atoms with E-state index < -0.39 is 0 Å². The van der Waals surface area contributed by atoms with Gasteiger partial charge in [0.15, 0.2) is 0 Å². The van der Waals surface area contributed by atoms with Crippen LogP contribution in [0.1, 0.15) is 48.6 Å².